The number of benzene rings is 1. The monoisotopic (exact) mass is 318 g/mol. The number of aliphatic imine (C=N–C) groups is 1. The lowest BCUT2D eigenvalue weighted by Crippen LogP contribution is -2.08. The molecule has 122 valence electrons. The molecule has 4 rings (SSSR count). The van der Waals surface area contributed by atoms with Crippen molar-refractivity contribution < 1.29 is 0 Å². The third kappa shape index (κ3) is 2.52. The number of H-pyrrole nitrogens is 1. The van der Waals surface area contributed by atoms with Crippen molar-refractivity contribution in [1.29, 1.82) is 0 Å². The Morgan fingerprint density at radius 3 is 2.96 bits per heavy atom. The highest BCUT2D eigenvalue weighted by Crippen LogP contribution is 2.34. The minimum atomic E-state index is 0.385. The second-order valence-corrected chi connectivity index (χ2v) is 6.69. The molecule has 4 heteroatoms. The molecule has 1 atom stereocenters. The fourth-order valence-corrected chi connectivity index (χ4v) is 3.74. The summed E-state index contributed by atoms with van der Waals surface area (Å²) in [5.41, 5.74) is 6.16. The van der Waals surface area contributed by atoms with Gasteiger partial charge in [0.05, 0.1) is 22.9 Å². The van der Waals surface area contributed by atoms with Crippen LogP contribution in [0.15, 0.2) is 29.4 Å². The average molecular weight is 318 g/mol. The number of hydrogen-bond acceptors (Lipinski definition) is 3. The van der Waals surface area contributed by atoms with Crippen LogP contribution in [-0.4, -0.2) is 28.4 Å². The highest BCUT2D eigenvalue weighted by atomic mass is 15.1. The van der Waals surface area contributed by atoms with Crippen LogP contribution in [0, 0.1) is 5.92 Å². The third-order valence-electron chi connectivity index (χ3n) is 4.92. The first kappa shape index (κ1) is 15.1. The van der Waals surface area contributed by atoms with Crippen LogP contribution in [0.5, 0.6) is 0 Å². The zero-order chi connectivity index (χ0) is 16.5. The Kier molecular flexibility index (Phi) is 3.89. The molecule has 2 aromatic heterocycles. The maximum Gasteiger partial charge on any atom is 0.0720 e. The van der Waals surface area contributed by atoms with Crippen LogP contribution in [0.3, 0.4) is 0 Å². The molecule has 1 aliphatic carbocycles. The van der Waals surface area contributed by atoms with Crippen molar-refractivity contribution in [3.05, 3.63) is 41.2 Å². The molecule has 0 saturated heterocycles. The first-order valence-corrected chi connectivity index (χ1v) is 8.66. The van der Waals surface area contributed by atoms with Crippen molar-refractivity contribution in [2.75, 3.05) is 6.54 Å². The van der Waals surface area contributed by atoms with E-state index in [1.807, 2.05) is 6.20 Å². The number of fused-ring (bicyclic) bond motifs is 5. The second-order valence-electron chi connectivity index (χ2n) is 6.69. The Bertz CT molecular complexity index is 936. The summed E-state index contributed by atoms with van der Waals surface area (Å²) in [5, 5.41) is 9.78. The Balaban J connectivity index is 1.92. The van der Waals surface area contributed by atoms with E-state index in [-0.39, 0.29) is 0 Å². The number of aromatic nitrogens is 3. The average Bonchev–Trinajstić information content (AvgIpc) is 3.08. The highest BCUT2D eigenvalue weighted by Gasteiger charge is 2.19. The summed E-state index contributed by atoms with van der Waals surface area (Å²) in [5.74, 6) is 0.385. The molecule has 2 heterocycles. The van der Waals surface area contributed by atoms with Gasteiger partial charge in [0.1, 0.15) is 0 Å². The summed E-state index contributed by atoms with van der Waals surface area (Å²) in [6.07, 6.45) is 11.0. The fourth-order valence-electron chi connectivity index (χ4n) is 3.74. The summed E-state index contributed by atoms with van der Waals surface area (Å²) in [7, 11) is 0. The molecule has 0 saturated carbocycles. The quantitative estimate of drug-likeness (QED) is 0.728. The molecule has 3 aromatic rings. The van der Waals surface area contributed by atoms with Gasteiger partial charge in [0.15, 0.2) is 0 Å². The molecule has 1 aliphatic rings. The Morgan fingerprint density at radius 1 is 1.29 bits per heavy atom. The van der Waals surface area contributed by atoms with E-state index < -0.39 is 0 Å². The maximum absolute atomic E-state index is 4.98. The summed E-state index contributed by atoms with van der Waals surface area (Å²) in [6.45, 7) is 6.49. The molecule has 0 aliphatic heterocycles. The van der Waals surface area contributed by atoms with Crippen LogP contribution in [0.25, 0.3) is 27.9 Å². The predicted octanol–water partition coefficient (Wildman–Crippen LogP) is 4.34. The van der Waals surface area contributed by atoms with Crippen molar-refractivity contribution >= 4 is 34.6 Å². The number of aromatic amines is 1. The summed E-state index contributed by atoms with van der Waals surface area (Å²) < 4.78 is 0. The molecular formula is C20H22N4. The van der Waals surface area contributed by atoms with E-state index in [1.165, 1.54) is 34.7 Å². The van der Waals surface area contributed by atoms with Crippen LogP contribution in [0.4, 0.5) is 0 Å². The molecule has 0 bridgehead atoms. The van der Waals surface area contributed by atoms with Crippen molar-refractivity contribution in [2.45, 2.75) is 32.6 Å². The zero-order valence-corrected chi connectivity index (χ0v) is 14.0. The van der Waals surface area contributed by atoms with Crippen molar-refractivity contribution in [2.24, 2.45) is 10.9 Å². The lowest BCUT2D eigenvalue weighted by atomic mass is 9.86. The topological polar surface area (TPSA) is 53.9 Å². The van der Waals surface area contributed by atoms with Gasteiger partial charge in [0, 0.05) is 17.3 Å². The normalized spacial score (nSPS) is 15.9. The van der Waals surface area contributed by atoms with Gasteiger partial charge in [-0.15, -0.1) is 0 Å². The summed E-state index contributed by atoms with van der Waals surface area (Å²) in [4.78, 5) is 8.96. The minimum Gasteiger partial charge on any atom is -0.300 e. The van der Waals surface area contributed by atoms with Crippen LogP contribution in [-0.2, 0) is 12.8 Å². The summed E-state index contributed by atoms with van der Waals surface area (Å²) >= 11 is 0. The third-order valence-corrected chi connectivity index (χ3v) is 4.92. The summed E-state index contributed by atoms with van der Waals surface area (Å²) in [6, 6.07) is 4.18. The molecule has 1 N–H and O–H groups in total. The van der Waals surface area contributed by atoms with Crippen molar-refractivity contribution in [3.63, 3.8) is 0 Å². The van der Waals surface area contributed by atoms with E-state index in [2.05, 4.69) is 53.1 Å². The van der Waals surface area contributed by atoms with Crippen LogP contribution in [0.2, 0.25) is 0 Å². The number of hydrogen-bond donors (Lipinski definition) is 1. The SMILES string of the molecule is C=NCC(C)/C=C/c1nc2ccc3[nH]ncc3c2c2c1CCCC2. The van der Waals surface area contributed by atoms with E-state index >= 15 is 0 Å². The highest BCUT2D eigenvalue weighted by molar-refractivity contribution is 6.07. The molecule has 1 unspecified atom stereocenters. The van der Waals surface area contributed by atoms with Gasteiger partial charge in [-0.05, 0) is 67.7 Å². The van der Waals surface area contributed by atoms with E-state index in [4.69, 9.17) is 4.98 Å². The lowest BCUT2D eigenvalue weighted by molar-refractivity contribution is 0.686. The Labute approximate surface area is 141 Å². The minimum absolute atomic E-state index is 0.385. The molecule has 0 spiro atoms. The van der Waals surface area contributed by atoms with Gasteiger partial charge in [-0.25, -0.2) is 4.98 Å². The molecule has 0 radical (unpaired) electrons. The standard InChI is InChI=1S/C20H22N4/c1-13(11-21-2)7-8-17-14-5-3-4-6-15(14)20-16-12-22-24-18(16)9-10-19(20)23-17/h7-10,12-13H,2-6,11H2,1H3,(H,22,24)/b8-7+. The Hall–Kier alpha value is -2.49. The number of pyridine rings is 1. The van der Waals surface area contributed by atoms with Crippen LogP contribution < -0.4 is 0 Å². The van der Waals surface area contributed by atoms with Gasteiger partial charge >= 0.3 is 0 Å². The van der Waals surface area contributed by atoms with Crippen LogP contribution in [0.1, 0.15) is 36.6 Å². The van der Waals surface area contributed by atoms with Gasteiger partial charge in [-0.3, -0.25) is 5.10 Å². The fraction of sp³-hybridized carbons (Fsp3) is 0.350. The lowest BCUT2D eigenvalue weighted by Gasteiger charge is -2.20. The molecule has 1 aromatic carbocycles. The van der Waals surface area contributed by atoms with Crippen molar-refractivity contribution in [1.82, 2.24) is 15.2 Å². The predicted molar refractivity (Wildman–Crippen MR) is 101 cm³/mol. The smallest absolute Gasteiger partial charge is 0.0720 e. The van der Waals surface area contributed by atoms with Gasteiger partial charge in [0.2, 0.25) is 0 Å². The van der Waals surface area contributed by atoms with E-state index in [1.54, 1.807) is 0 Å². The van der Waals surface area contributed by atoms with Gasteiger partial charge in [-0.2, -0.15) is 5.10 Å². The number of nitrogens with one attached hydrogen (secondary N) is 1. The zero-order valence-electron chi connectivity index (χ0n) is 14.0. The second kappa shape index (κ2) is 6.19. The maximum atomic E-state index is 4.98. The first-order valence-electron chi connectivity index (χ1n) is 8.66. The molecule has 24 heavy (non-hydrogen) atoms. The molecule has 4 nitrogen and oxygen atoms in total. The van der Waals surface area contributed by atoms with Gasteiger partial charge in [0.25, 0.3) is 0 Å². The van der Waals surface area contributed by atoms with Gasteiger partial charge in [-0.1, -0.05) is 13.0 Å². The van der Waals surface area contributed by atoms with Crippen molar-refractivity contribution in [3.8, 4) is 0 Å². The molecule has 0 amide bonds. The molecule has 0 fully saturated rings. The number of nitrogens with zero attached hydrogens (tertiary/aromatic N) is 3. The number of aryl methyl sites for hydroxylation is 1. The largest absolute Gasteiger partial charge is 0.300 e. The van der Waals surface area contributed by atoms with Crippen LogP contribution >= 0.6 is 0 Å². The number of rotatable bonds is 4. The van der Waals surface area contributed by atoms with E-state index in [9.17, 15) is 0 Å². The van der Waals surface area contributed by atoms with E-state index in [0.717, 1.165) is 36.1 Å². The first-order chi connectivity index (χ1) is 11.8. The van der Waals surface area contributed by atoms with E-state index in [0.29, 0.717) is 5.92 Å². The van der Waals surface area contributed by atoms with Gasteiger partial charge < -0.3 is 4.99 Å². The Morgan fingerprint density at radius 2 is 2.12 bits per heavy atom. The molecular weight excluding hydrogens is 296 g/mol.